The van der Waals surface area contributed by atoms with Crippen LogP contribution in [0, 0.1) is 11.3 Å². The average molecular weight is 270 g/mol. The summed E-state index contributed by atoms with van der Waals surface area (Å²) in [7, 11) is 0. The Morgan fingerprint density at radius 2 is 2.10 bits per heavy atom. The van der Waals surface area contributed by atoms with Crippen molar-refractivity contribution in [2.75, 3.05) is 12.3 Å². The van der Waals surface area contributed by atoms with E-state index in [9.17, 15) is 0 Å². The second-order valence-corrected chi connectivity index (χ2v) is 3.99. The predicted molar refractivity (Wildman–Crippen MR) is 73.5 cm³/mol. The number of ether oxygens (including phenoxy) is 2. The molecule has 0 spiro atoms. The molecule has 20 heavy (non-hydrogen) atoms. The Labute approximate surface area is 116 Å². The van der Waals surface area contributed by atoms with Gasteiger partial charge in [0.25, 0.3) is 0 Å². The summed E-state index contributed by atoms with van der Waals surface area (Å²) in [5.74, 6) is 0.991. The maximum Gasteiger partial charge on any atom is 0.249 e. The smallest absolute Gasteiger partial charge is 0.249 e. The van der Waals surface area contributed by atoms with Gasteiger partial charge in [-0.25, -0.2) is 0 Å². The van der Waals surface area contributed by atoms with Crippen LogP contribution in [0.4, 0.5) is 5.69 Å². The van der Waals surface area contributed by atoms with Crippen LogP contribution in [0.25, 0.3) is 0 Å². The molecule has 6 heteroatoms. The maximum atomic E-state index is 8.85. The van der Waals surface area contributed by atoms with Gasteiger partial charge in [-0.05, 0) is 24.6 Å². The molecular weight excluding hydrogens is 256 g/mol. The highest BCUT2D eigenvalue weighted by Crippen LogP contribution is 2.30. The molecule has 2 rings (SSSR count). The number of aromatic nitrogens is 2. The summed E-state index contributed by atoms with van der Waals surface area (Å²) >= 11 is 0. The number of nitrogens with zero attached hydrogens (tertiary/aromatic N) is 3. The topological polar surface area (TPSA) is 94.0 Å². The first-order valence-corrected chi connectivity index (χ1v) is 6.16. The van der Waals surface area contributed by atoms with E-state index < -0.39 is 0 Å². The molecule has 0 atom stereocenters. The van der Waals surface area contributed by atoms with Crippen molar-refractivity contribution in [1.29, 1.82) is 5.26 Å². The third-order valence-corrected chi connectivity index (χ3v) is 2.43. The zero-order valence-corrected chi connectivity index (χ0v) is 11.0. The Morgan fingerprint density at radius 3 is 2.85 bits per heavy atom. The highest BCUT2D eigenvalue weighted by atomic mass is 16.5. The standard InChI is InChI=1S/C14H14N4O2/c1-2-6-19-13-12(16)14(18-9-17-13)20-11-5-3-4-10(7-11)8-15/h3-5,7,9H,2,6,16H2,1H3. The van der Waals surface area contributed by atoms with Crippen molar-refractivity contribution in [2.24, 2.45) is 0 Å². The van der Waals surface area contributed by atoms with Gasteiger partial charge in [0.2, 0.25) is 11.8 Å². The molecule has 0 unspecified atom stereocenters. The second-order valence-electron chi connectivity index (χ2n) is 3.99. The van der Waals surface area contributed by atoms with Crippen molar-refractivity contribution in [3.63, 3.8) is 0 Å². The lowest BCUT2D eigenvalue weighted by Crippen LogP contribution is -2.04. The molecule has 0 saturated carbocycles. The van der Waals surface area contributed by atoms with E-state index in [0.717, 1.165) is 6.42 Å². The van der Waals surface area contributed by atoms with Gasteiger partial charge in [0.1, 0.15) is 12.1 Å². The number of nitrogens with two attached hydrogens (primary N) is 1. The summed E-state index contributed by atoms with van der Waals surface area (Å²) in [5.41, 5.74) is 6.64. The fraction of sp³-hybridized carbons (Fsp3) is 0.214. The zero-order chi connectivity index (χ0) is 14.4. The van der Waals surface area contributed by atoms with Gasteiger partial charge in [-0.2, -0.15) is 15.2 Å². The lowest BCUT2D eigenvalue weighted by Gasteiger charge is -2.10. The number of benzene rings is 1. The summed E-state index contributed by atoms with van der Waals surface area (Å²) in [4.78, 5) is 7.94. The van der Waals surface area contributed by atoms with Crippen LogP contribution in [-0.4, -0.2) is 16.6 Å². The Bertz CT molecular complexity index is 637. The molecule has 2 N–H and O–H groups in total. The minimum absolute atomic E-state index is 0.209. The predicted octanol–water partition coefficient (Wildman–Crippen LogP) is 2.51. The summed E-state index contributed by atoms with van der Waals surface area (Å²) in [6, 6.07) is 8.77. The van der Waals surface area contributed by atoms with E-state index in [1.54, 1.807) is 24.3 Å². The van der Waals surface area contributed by atoms with Crippen molar-refractivity contribution in [1.82, 2.24) is 9.97 Å². The first kappa shape index (κ1) is 13.6. The Balaban J connectivity index is 2.22. The van der Waals surface area contributed by atoms with Gasteiger partial charge < -0.3 is 15.2 Å². The van der Waals surface area contributed by atoms with Gasteiger partial charge in [0.15, 0.2) is 5.69 Å². The summed E-state index contributed by atoms with van der Waals surface area (Å²) < 4.78 is 11.0. The number of nitriles is 1. The first-order chi connectivity index (χ1) is 9.74. The molecule has 0 bridgehead atoms. The quantitative estimate of drug-likeness (QED) is 0.897. The van der Waals surface area contributed by atoms with E-state index in [1.807, 2.05) is 13.0 Å². The average Bonchev–Trinajstić information content (AvgIpc) is 2.48. The third kappa shape index (κ3) is 3.14. The van der Waals surface area contributed by atoms with E-state index in [1.165, 1.54) is 6.33 Å². The van der Waals surface area contributed by atoms with E-state index in [4.69, 9.17) is 20.5 Å². The van der Waals surface area contributed by atoms with Crippen LogP contribution >= 0.6 is 0 Å². The molecule has 102 valence electrons. The number of nitrogen functional groups attached to an aromatic ring is 1. The molecule has 1 aromatic carbocycles. The first-order valence-electron chi connectivity index (χ1n) is 6.16. The molecule has 0 aliphatic heterocycles. The molecule has 2 aromatic rings. The van der Waals surface area contributed by atoms with Crippen molar-refractivity contribution >= 4 is 5.69 Å². The molecule has 0 aliphatic rings. The van der Waals surface area contributed by atoms with Crippen LogP contribution < -0.4 is 15.2 Å². The summed E-state index contributed by atoms with van der Waals surface area (Å²) in [6.07, 6.45) is 2.18. The largest absolute Gasteiger partial charge is 0.476 e. The monoisotopic (exact) mass is 270 g/mol. The van der Waals surface area contributed by atoms with Crippen LogP contribution in [0.3, 0.4) is 0 Å². The molecule has 1 aromatic heterocycles. The van der Waals surface area contributed by atoms with Crippen molar-refractivity contribution in [3.8, 4) is 23.6 Å². The van der Waals surface area contributed by atoms with Crippen molar-refractivity contribution in [2.45, 2.75) is 13.3 Å². The molecule has 0 radical (unpaired) electrons. The number of rotatable bonds is 5. The van der Waals surface area contributed by atoms with Gasteiger partial charge >= 0.3 is 0 Å². The van der Waals surface area contributed by atoms with E-state index in [-0.39, 0.29) is 11.6 Å². The normalized spacial score (nSPS) is 9.80. The van der Waals surface area contributed by atoms with Crippen molar-refractivity contribution < 1.29 is 9.47 Å². The number of hydrogen-bond acceptors (Lipinski definition) is 6. The van der Waals surface area contributed by atoms with Gasteiger partial charge in [0.05, 0.1) is 18.2 Å². The van der Waals surface area contributed by atoms with Gasteiger partial charge in [-0.1, -0.05) is 13.0 Å². The number of hydrogen-bond donors (Lipinski definition) is 1. The van der Waals surface area contributed by atoms with Crippen LogP contribution in [-0.2, 0) is 0 Å². The van der Waals surface area contributed by atoms with Crippen molar-refractivity contribution in [3.05, 3.63) is 36.2 Å². The highest BCUT2D eigenvalue weighted by molar-refractivity contribution is 5.57. The molecule has 0 saturated heterocycles. The fourth-order valence-electron chi connectivity index (χ4n) is 1.50. The molecular formula is C14H14N4O2. The third-order valence-electron chi connectivity index (χ3n) is 2.43. The number of anilines is 1. The highest BCUT2D eigenvalue weighted by Gasteiger charge is 2.11. The Hall–Kier alpha value is -2.81. The fourth-order valence-corrected chi connectivity index (χ4v) is 1.50. The summed E-state index contributed by atoms with van der Waals surface area (Å²) in [6.45, 7) is 2.51. The molecule has 0 aliphatic carbocycles. The van der Waals surface area contributed by atoms with Crippen LogP contribution in [0.2, 0.25) is 0 Å². The van der Waals surface area contributed by atoms with Gasteiger partial charge in [-0.15, -0.1) is 0 Å². The molecule has 6 nitrogen and oxygen atoms in total. The maximum absolute atomic E-state index is 8.85. The van der Waals surface area contributed by atoms with E-state index >= 15 is 0 Å². The molecule has 0 fully saturated rings. The van der Waals surface area contributed by atoms with Gasteiger partial charge in [0, 0.05) is 0 Å². The minimum Gasteiger partial charge on any atom is -0.476 e. The van der Waals surface area contributed by atoms with Crippen LogP contribution in [0.1, 0.15) is 18.9 Å². The van der Waals surface area contributed by atoms with E-state index in [2.05, 4.69) is 9.97 Å². The van der Waals surface area contributed by atoms with Crippen LogP contribution in [0.5, 0.6) is 17.5 Å². The summed E-state index contributed by atoms with van der Waals surface area (Å²) in [5, 5.41) is 8.85. The minimum atomic E-state index is 0.209. The SMILES string of the molecule is CCCOc1ncnc(Oc2cccc(C#N)c2)c1N. The van der Waals surface area contributed by atoms with E-state index in [0.29, 0.717) is 23.8 Å². The lowest BCUT2D eigenvalue weighted by molar-refractivity contribution is 0.304. The zero-order valence-electron chi connectivity index (χ0n) is 11.0. The second kappa shape index (κ2) is 6.38. The Kier molecular flexibility index (Phi) is 4.35. The molecule has 1 heterocycles. The van der Waals surface area contributed by atoms with Crippen LogP contribution in [0.15, 0.2) is 30.6 Å². The Morgan fingerprint density at radius 1 is 1.30 bits per heavy atom. The lowest BCUT2D eigenvalue weighted by atomic mass is 10.2. The van der Waals surface area contributed by atoms with Gasteiger partial charge in [-0.3, -0.25) is 0 Å². The molecule has 0 amide bonds.